The summed E-state index contributed by atoms with van der Waals surface area (Å²) in [5, 5.41) is 0. The van der Waals surface area contributed by atoms with Gasteiger partial charge in [0.15, 0.2) is 10.6 Å². The number of hydrogen-bond acceptors (Lipinski definition) is 5. The summed E-state index contributed by atoms with van der Waals surface area (Å²) in [6.07, 6.45) is 3.08. The monoisotopic (exact) mass is 570 g/mol. The van der Waals surface area contributed by atoms with Crippen molar-refractivity contribution in [1.29, 1.82) is 0 Å². The Labute approximate surface area is 209 Å². The summed E-state index contributed by atoms with van der Waals surface area (Å²) in [5.74, 6) is 0.799. The minimum Gasteiger partial charge on any atom is -0.497 e. The molecule has 0 radical (unpaired) electrons. The number of methoxy groups -OCH3 is 1. The highest BCUT2D eigenvalue weighted by molar-refractivity contribution is 14.1. The number of benzene rings is 2. The Bertz CT molecular complexity index is 1480. The van der Waals surface area contributed by atoms with E-state index in [2.05, 4.69) is 36.4 Å². The zero-order valence-corrected chi connectivity index (χ0v) is 21.6. The van der Waals surface area contributed by atoms with Gasteiger partial charge in [0.25, 0.3) is 5.56 Å². The minimum absolute atomic E-state index is 0.0673. The van der Waals surface area contributed by atoms with Crippen LogP contribution in [0, 0.1) is 8.99 Å². The topological polar surface area (TPSA) is 60.7 Å². The summed E-state index contributed by atoms with van der Waals surface area (Å²) in [6.45, 7) is 4.19. The maximum absolute atomic E-state index is 13.7. The van der Waals surface area contributed by atoms with Crippen LogP contribution in [0.1, 0.15) is 43.9 Å². The van der Waals surface area contributed by atoms with E-state index in [9.17, 15) is 9.59 Å². The first-order chi connectivity index (χ1) is 15.8. The molecule has 7 heteroatoms. The first-order valence-corrected chi connectivity index (χ1v) is 12.6. The number of fused-ring (bicyclic) bond motifs is 1. The number of carbonyl (C=O) groups is 1. The fraction of sp³-hybridized carbons (Fsp3) is 0.269. The molecule has 1 aliphatic heterocycles. The molecule has 0 N–H and O–H groups in total. The highest BCUT2D eigenvalue weighted by Crippen LogP contribution is 2.43. The molecule has 33 heavy (non-hydrogen) atoms. The summed E-state index contributed by atoms with van der Waals surface area (Å²) in [7, 11) is 1.62. The fourth-order valence-corrected chi connectivity index (χ4v) is 6.14. The van der Waals surface area contributed by atoms with Crippen molar-refractivity contribution in [2.75, 3.05) is 7.11 Å². The van der Waals surface area contributed by atoms with Gasteiger partial charge in [-0.3, -0.25) is 14.2 Å². The summed E-state index contributed by atoms with van der Waals surface area (Å²) < 4.78 is 8.70. The number of Topliss-reactive ketones (excluding diaryl/α,β-unsaturated/α-hetero) is 1. The molecule has 0 amide bonds. The molecule has 1 aromatic heterocycles. The van der Waals surface area contributed by atoms with Crippen LogP contribution in [-0.2, 0) is 4.79 Å². The molecule has 2 aromatic carbocycles. The lowest BCUT2D eigenvalue weighted by molar-refractivity contribution is -0.118. The van der Waals surface area contributed by atoms with Gasteiger partial charge in [0.2, 0.25) is 0 Å². The van der Waals surface area contributed by atoms with Crippen molar-refractivity contribution >= 4 is 45.8 Å². The molecule has 2 aliphatic rings. The second kappa shape index (κ2) is 8.36. The minimum atomic E-state index is -0.484. The van der Waals surface area contributed by atoms with Gasteiger partial charge in [-0.15, -0.1) is 0 Å². The van der Waals surface area contributed by atoms with Crippen LogP contribution in [-0.4, -0.2) is 17.5 Å². The third-order valence-electron chi connectivity index (χ3n) is 6.12. The molecule has 0 saturated heterocycles. The van der Waals surface area contributed by atoms with Gasteiger partial charge in [-0.2, -0.15) is 0 Å². The zero-order chi connectivity index (χ0) is 23.3. The summed E-state index contributed by atoms with van der Waals surface area (Å²) in [5.41, 5.74) is 3.05. The van der Waals surface area contributed by atoms with E-state index >= 15 is 0 Å². The van der Waals surface area contributed by atoms with Crippen LogP contribution in [0.15, 0.2) is 69.6 Å². The number of carbonyl (C=O) groups excluding carboxylic acids is 1. The van der Waals surface area contributed by atoms with E-state index < -0.39 is 6.04 Å². The maximum atomic E-state index is 13.7. The van der Waals surface area contributed by atoms with Crippen LogP contribution in [0.4, 0.5) is 0 Å². The Morgan fingerprint density at radius 1 is 1.12 bits per heavy atom. The van der Waals surface area contributed by atoms with Crippen molar-refractivity contribution in [3.05, 3.63) is 94.2 Å². The zero-order valence-electron chi connectivity index (χ0n) is 18.6. The normalized spacial score (nSPS) is 19.7. The maximum Gasteiger partial charge on any atom is 0.271 e. The van der Waals surface area contributed by atoms with E-state index in [0.29, 0.717) is 27.7 Å². The lowest BCUT2D eigenvalue weighted by atomic mass is 9.73. The number of halogens is 1. The third kappa shape index (κ3) is 4.01. The molecule has 5 nitrogen and oxygen atoms in total. The summed E-state index contributed by atoms with van der Waals surface area (Å²) in [4.78, 5) is 32.5. The molecule has 0 saturated carbocycles. The number of ketones is 1. The average molecular weight is 570 g/mol. The fourth-order valence-electron chi connectivity index (χ4n) is 4.58. The highest BCUT2D eigenvalue weighted by atomic mass is 127. The van der Waals surface area contributed by atoms with Gasteiger partial charge in [-0.1, -0.05) is 55.5 Å². The van der Waals surface area contributed by atoms with Crippen LogP contribution in [0.5, 0.6) is 5.75 Å². The van der Waals surface area contributed by atoms with Crippen LogP contribution in [0.3, 0.4) is 0 Å². The van der Waals surface area contributed by atoms with Crippen LogP contribution < -0.4 is 19.6 Å². The number of rotatable bonds is 3. The Kier molecular flexibility index (Phi) is 5.64. The molecule has 2 heterocycles. The SMILES string of the molecule is COc1ccc(C2C3=C(CC(C)(C)CC3=O)N=c3sc(=Cc4ccccc4I)c(=O)n32)cc1. The molecule has 1 unspecified atom stereocenters. The van der Waals surface area contributed by atoms with Gasteiger partial charge in [0.05, 0.1) is 23.4 Å². The van der Waals surface area contributed by atoms with Crippen molar-refractivity contribution in [2.45, 2.75) is 32.7 Å². The predicted molar refractivity (Wildman–Crippen MR) is 138 cm³/mol. The molecular weight excluding hydrogens is 547 g/mol. The van der Waals surface area contributed by atoms with Crippen LogP contribution >= 0.6 is 33.9 Å². The third-order valence-corrected chi connectivity index (χ3v) is 8.08. The van der Waals surface area contributed by atoms with Crippen molar-refractivity contribution in [3.8, 4) is 5.75 Å². The molecule has 5 rings (SSSR count). The second-order valence-corrected chi connectivity index (χ2v) is 11.3. The molecule has 3 aromatic rings. The van der Waals surface area contributed by atoms with Gasteiger partial charge in [0, 0.05) is 15.6 Å². The average Bonchev–Trinajstić information content (AvgIpc) is 3.08. The summed E-state index contributed by atoms with van der Waals surface area (Å²) >= 11 is 3.66. The Morgan fingerprint density at radius 2 is 1.85 bits per heavy atom. The van der Waals surface area contributed by atoms with E-state index in [-0.39, 0.29) is 16.8 Å². The number of allylic oxidation sites excluding steroid dienone is 2. The smallest absolute Gasteiger partial charge is 0.271 e. The standard InChI is InChI=1S/C26H23IN2O3S/c1-26(2)13-19-22(20(30)14-26)23(15-8-10-17(32-3)11-9-15)29-24(31)21(33-25(29)28-19)12-16-6-4-5-7-18(16)27/h4-12,23H,13-14H2,1-3H3. The largest absolute Gasteiger partial charge is 0.497 e. The van der Waals surface area contributed by atoms with Gasteiger partial charge in [-0.05, 0) is 69.8 Å². The first-order valence-electron chi connectivity index (χ1n) is 10.7. The molecule has 1 atom stereocenters. The number of thiazole rings is 1. The quantitative estimate of drug-likeness (QED) is 0.444. The Hall–Kier alpha value is -2.52. The Balaban J connectivity index is 1.77. The number of ether oxygens (including phenoxy) is 1. The Morgan fingerprint density at radius 3 is 2.55 bits per heavy atom. The number of hydrogen-bond donors (Lipinski definition) is 0. The van der Waals surface area contributed by atoms with E-state index in [1.54, 1.807) is 11.7 Å². The van der Waals surface area contributed by atoms with Gasteiger partial charge in [0.1, 0.15) is 5.75 Å². The molecular formula is C26H23IN2O3S. The van der Waals surface area contributed by atoms with Crippen molar-refractivity contribution in [1.82, 2.24) is 4.57 Å². The van der Waals surface area contributed by atoms with Crippen LogP contribution in [0.25, 0.3) is 6.08 Å². The van der Waals surface area contributed by atoms with E-state index in [0.717, 1.165) is 26.1 Å². The molecule has 168 valence electrons. The molecule has 1 aliphatic carbocycles. The summed E-state index contributed by atoms with van der Waals surface area (Å²) in [6, 6.07) is 15.1. The predicted octanol–water partition coefficient (Wildman–Crippen LogP) is 4.22. The number of nitrogens with zero attached hydrogens (tertiary/aromatic N) is 2. The van der Waals surface area contributed by atoms with Crippen molar-refractivity contribution in [2.24, 2.45) is 10.4 Å². The lowest BCUT2D eigenvalue weighted by Crippen LogP contribution is -2.42. The molecule has 0 spiro atoms. The first kappa shape index (κ1) is 22.3. The van der Waals surface area contributed by atoms with Crippen LogP contribution in [0.2, 0.25) is 0 Å². The number of aromatic nitrogens is 1. The molecule has 0 bridgehead atoms. The van der Waals surface area contributed by atoms with Gasteiger partial charge < -0.3 is 4.74 Å². The van der Waals surface area contributed by atoms with Crippen molar-refractivity contribution in [3.63, 3.8) is 0 Å². The van der Waals surface area contributed by atoms with Gasteiger partial charge >= 0.3 is 0 Å². The molecule has 0 fully saturated rings. The van der Waals surface area contributed by atoms with Crippen molar-refractivity contribution < 1.29 is 9.53 Å². The second-order valence-electron chi connectivity index (χ2n) is 9.18. The van der Waals surface area contributed by atoms with Gasteiger partial charge in [-0.25, -0.2) is 4.99 Å². The van der Waals surface area contributed by atoms with E-state index in [1.807, 2.05) is 54.6 Å². The lowest BCUT2D eigenvalue weighted by Gasteiger charge is -2.35. The van der Waals surface area contributed by atoms with E-state index in [1.165, 1.54) is 11.3 Å². The highest BCUT2D eigenvalue weighted by Gasteiger charge is 2.40. The van der Waals surface area contributed by atoms with E-state index in [4.69, 9.17) is 9.73 Å².